The molecule has 5 heteroatoms. The molecule has 4 nitrogen and oxygen atoms in total. The molecular formula is C20H31ClN2O2. The van der Waals surface area contributed by atoms with E-state index < -0.39 is 0 Å². The number of Topliss-reactive ketones (excluding diaryl/α,β-unsaturated/α-hetero) is 1. The van der Waals surface area contributed by atoms with E-state index in [0.717, 1.165) is 37.9 Å². The van der Waals surface area contributed by atoms with Crippen LogP contribution in [-0.2, 0) is 11.2 Å². The number of nitrogens with one attached hydrogen (secondary N) is 1. The van der Waals surface area contributed by atoms with Crippen LogP contribution in [0.5, 0.6) is 0 Å². The summed E-state index contributed by atoms with van der Waals surface area (Å²) >= 11 is 0. The standard InChI is InChI=1S/C20H30N2O2.ClH/c1-3-4-6-16-8-10-17(11-9-16)19(23)12-13-20(24)22-14-5-7-18(15-22)21-2;/h8-11,18,21H,3-7,12-15H2,1-2H3;1H. The van der Waals surface area contributed by atoms with Crippen LogP contribution in [0.25, 0.3) is 0 Å². The van der Waals surface area contributed by atoms with Gasteiger partial charge in [-0.2, -0.15) is 0 Å². The van der Waals surface area contributed by atoms with Crippen LogP contribution >= 0.6 is 12.4 Å². The molecule has 0 aliphatic carbocycles. The van der Waals surface area contributed by atoms with Gasteiger partial charge in [-0.15, -0.1) is 12.4 Å². The lowest BCUT2D eigenvalue weighted by Crippen LogP contribution is -2.47. The van der Waals surface area contributed by atoms with Gasteiger partial charge >= 0.3 is 0 Å². The van der Waals surface area contributed by atoms with Gasteiger partial charge in [0.1, 0.15) is 0 Å². The number of rotatable bonds is 8. The number of hydrogen-bond donors (Lipinski definition) is 1. The molecule has 1 heterocycles. The Morgan fingerprint density at radius 2 is 1.92 bits per heavy atom. The summed E-state index contributed by atoms with van der Waals surface area (Å²) in [6.45, 7) is 3.75. The summed E-state index contributed by atoms with van der Waals surface area (Å²) in [4.78, 5) is 26.5. The molecule has 1 aromatic rings. The van der Waals surface area contributed by atoms with Gasteiger partial charge in [0.15, 0.2) is 5.78 Å². The Labute approximate surface area is 157 Å². The zero-order chi connectivity index (χ0) is 17.4. The second-order valence-corrected chi connectivity index (χ2v) is 6.69. The van der Waals surface area contributed by atoms with Crippen molar-refractivity contribution in [2.75, 3.05) is 20.1 Å². The number of aryl methyl sites for hydroxylation is 1. The van der Waals surface area contributed by atoms with Gasteiger partial charge in [0.05, 0.1) is 0 Å². The highest BCUT2D eigenvalue weighted by Crippen LogP contribution is 2.14. The number of carbonyl (C=O) groups excluding carboxylic acids is 2. The highest BCUT2D eigenvalue weighted by atomic mass is 35.5. The molecule has 1 aliphatic heterocycles. The molecule has 0 bridgehead atoms. The summed E-state index contributed by atoms with van der Waals surface area (Å²) in [5.41, 5.74) is 1.99. The minimum Gasteiger partial charge on any atom is -0.341 e. The third kappa shape index (κ3) is 6.79. The molecule has 1 saturated heterocycles. The number of unbranched alkanes of at least 4 members (excludes halogenated alkanes) is 1. The monoisotopic (exact) mass is 366 g/mol. The topological polar surface area (TPSA) is 49.4 Å². The van der Waals surface area contributed by atoms with E-state index in [1.807, 2.05) is 36.2 Å². The molecule has 0 radical (unpaired) electrons. The molecular weight excluding hydrogens is 336 g/mol. The Morgan fingerprint density at radius 3 is 2.56 bits per heavy atom. The number of amides is 1. The number of carbonyl (C=O) groups is 2. The number of piperidine rings is 1. The Morgan fingerprint density at radius 1 is 1.20 bits per heavy atom. The first-order valence-corrected chi connectivity index (χ1v) is 9.21. The molecule has 1 unspecified atom stereocenters. The summed E-state index contributed by atoms with van der Waals surface area (Å²) in [5.74, 6) is 0.162. The average molecular weight is 367 g/mol. The van der Waals surface area contributed by atoms with Crippen molar-refractivity contribution in [3.8, 4) is 0 Å². The van der Waals surface area contributed by atoms with Gasteiger partial charge in [-0.05, 0) is 38.3 Å². The van der Waals surface area contributed by atoms with Crippen molar-refractivity contribution in [1.82, 2.24) is 10.2 Å². The SMILES string of the molecule is CCCCc1ccc(C(=O)CCC(=O)N2CCCC(NC)C2)cc1.Cl. The van der Waals surface area contributed by atoms with Crippen LogP contribution < -0.4 is 5.32 Å². The van der Waals surface area contributed by atoms with Crippen molar-refractivity contribution in [3.63, 3.8) is 0 Å². The molecule has 0 spiro atoms. The minimum absolute atomic E-state index is 0. The van der Waals surface area contributed by atoms with Crippen LogP contribution in [0.4, 0.5) is 0 Å². The number of ketones is 1. The summed E-state index contributed by atoms with van der Waals surface area (Å²) < 4.78 is 0. The minimum atomic E-state index is 0. The highest BCUT2D eigenvalue weighted by Gasteiger charge is 2.22. The fourth-order valence-corrected chi connectivity index (χ4v) is 3.20. The molecule has 1 aromatic carbocycles. The first-order chi connectivity index (χ1) is 11.6. The Hall–Kier alpha value is -1.39. The lowest BCUT2D eigenvalue weighted by Gasteiger charge is -2.32. The summed E-state index contributed by atoms with van der Waals surface area (Å²) in [6, 6.07) is 8.25. The largest absolute Gasteiger partial charge is 0.341 e. The van der Waals surface area contributed by atoms with Crippen LogP contribution in [0.1, 0.15) is 61.4 Å². The lowest BCUT2D eigenvalue weighted by atomic mass is 10.0. The van der Waals surface area contributed by atoms with Crippen LogP contribution in [0, 0.1) is 0 Å². The summed E-state index contributed by atoms with van der Waals surface area (Å²) in [7, 11) is 1.94. The number of benzene rings is 1. The van der Waals surface area contributed by atoms with E-state index in [-0.39, 0.29) is 24.1 Å². The predicted octanol–water partition coefficient (Wildman–Crippen LogP) is 3.62. The van der Waals surface area contributed by atoms with Crippen molar-refractivity contribution in [2.24, 2.45) is 0 Å². The molecule has 1 atom stereocenters. The van der Waals surface area contributed by atoms with Gasteiger partial charge in [0.25, 0.3) is 0 Å². The number of likely N-dealkylation sites (N-methyl/N-ethyl adjacent to an activating group) is 1. The van der Waals surface area contributed by atoms with E-state index in [4.69, 9.17) is 0 Å². The first kappa shape index (κ1) is 21.7. The van der Waals surface area contributed by atoms with E-state index in [9.17, 15) is 9.59 Å². The van der Waals surface area contributed by atoms with Gasteiger partial charge in [-0.3, -0.25) is 9.59 Å². The van der Waals surface area contributed by atoms with E-state index in [1.165, 1.54) is 18.4 Å². The van der Waals surface area contributed by atoms with Gasteiger partial charge < -0.3 is 10.2 Å². The molecule has 0 saturated carbocycles. The Kier molecular flexibility index (Phi) is 9.76. The highest BCUT2D eigenvalue weighted by molar-refractivity contribution is 5.98. The van der Waals surface area contributed by atoms with E-state index in [1.54, 1.807) is 0 Å². The van der Waals surface area contributed by atoms with Crippen LogP contribution in [-0.4, -0.2) is 42.8 Å². The number of hydrogen-bond acceptors (Lipinski definition) is 3. The first-order valence-electron chi connectivity index (χ1n) is 9.21. The fraction of sp³-hybridized carbons (Fsp3) is 0.600. The maximum Gasteiger partial charge on any atom is 0.223 e. The summed E-state index contributed by atoms with van der Waals surface area (Å²) in [6.07, 6.45) is 6.17. The van der Waals surface area contributed by atoms with Crippen LogP contribution in [0.3, 0.4) is 0 Å². The van der Waals surface area contributed by atoms with Crippen LogP contribution in [0.15, 0.2) is 24.3 Å². The van der Waals surface area contributed by atoms with E-state index >= 15 is 0 Å². The van der Waals surface area contributed by atoms with Crippen LogP contribution in [0.2, 0.25) is 0 Å². The molecule has 0 aromatic heterocycles. The average Bonchev–Trinajstić information content (AvgIpc) is 2.64. The van der Waals surface area contributed by atoms with E-state index in [2.05, 4.69) is 12.2 Å². The quantitative estimate of drug-likeness (QED) is 0.715. The Balaban J connectivity index is 0.00000312. The maximum absolute atomic E-state index is 12.3. The molecule has 25 heavy (non-hydrogen) atoms. The number of nitrogens with zero attached hydrogens (tertiary/aromatic N) is 1. The predicted molar refractivity (Wildman–Crippen MR) is 105 cm³/mol. The molecule has 1 N–H and O–H groups in total. The van der Waals surface area contributed by atoms with Crippen molar-refractivity contribution < 1.29 is 9.59 Å². The van der Waals surface area contributed by atoms with Gasteiger partial charge in [-0.1, -0.05) is 37.6 Å². The van der Waals surface area contributed by atoms with Gasteiger partial charge in [-0.25, -0.2) is 0 Å². The van der Waals surface area contributed by atoms with Crippen molar-refractivity contribution in [1.29, 1.82) is 0 Å². The van der Waals surface area contributed by atoms with Crippen molar-refractivity contribution >= 4 is 24.1 Å². The second-order valence-electron chi connectivity index (χ2n) is 6.69. The smallest absolute Gasteiger partial charge is 0.223 e. The fourth-order valence-electron chi connectivity index (χ4n) is 3.20. The number of halogens is 1. The third-order valence-corrected chi connectivity index (χ3v) is 4.84. The lowest BCUT2D eigenvalue weighted by molar-refractivity contribution is -0.132. The number of likely N-dealkylation sites (tertiary alicyclic amines) is 1. The molecule has 1 aliphatic rings. The zero-order valence-electron chi connectivity index (χ0n) is 15.4. The van der Waals surface area contributed by atoms with Gasteiger partial charge in [0, 0.05) is 37.5 Å². The molecule has 1 amide bonds. The van der Waals surface area contributed by atoms with E-state index in [0.29, 0.717) is 18.9 Å². The maximum atomic E-state index is 12.3. The third-order valence-electron chi connectivity index (χ3n) is 4.84. The zero-order valence-corrected chi connectivity index (χ0v) is 16.2. The van der Waals surface area contributed by atoms with Crippen molar-refractivity contribution in [2.45, 2.75) is 57.9 Å². The normalized spacial score (nSPS) is 17.0. The second kappa shape index (κ2) is 11.3. The Bertz CT molecular complexity index is 545. The van der Waals surface area contributed by atoms with Crippen molar-refractivity contribution in [3.05, 3.63) is 35.4 Å². The van der Waals surface area contributed by atoms with Gasteiger partial charge in [0.2, 0.25) is 5.91 Å². The summed E-state index contributed by atoms with van der Waals surface area (Å²) in [5, 5.41) is 3.24. The molecule has 1 fully saturated rings. The molecule has 2 rings (SSSR count). The molecule has 140 valence electrons.